The lowest BCUT2D eigenvalue weighted by Crippen LogP contribution is -2.53. The molecule has 1 aromatic heterocycles. The molecule has 3 aromatic rings. The van der Waals surface area contributed by atoms with Crippen LogP contribution in [-0.2, 0) is 29.6 Å². The second-order valence-corrected chi connectivity index (χ2v) is 9.86. The molecule has 0 spiro atoms. The number of aromatic nitrogens is 1. The number of nitrogens with one attached hydrogen (secondary N) is 2. The zero-order valence-electron chi connectivity index (χ0n) is 23.1. The minimum atomic E-state index is -3.00. The van der Waals surface area contributed by atoms with E-state index in [0.717, 1.165) is 15.2 Å². The Hall–Kier alpha value is -4.32. The van der Waals surface area contributed by atoms with E-state index < -0.39 is 48.5 Å². The summed E-state index contributed by atoms with van der Waals surface area (Å²) in [5.74, 6) is -4.61. The van der Waals surface area contributed by atoms with Crippen molar-refractivity contribution < 1.29 is 32.8 Å². The normalized spacial score (nSPS) is 15.3. The average Bonchev–Trinajstić information content (AvgIpc) is 3.44. The largest absolute Gasteiger partial charge is 0.381 e. The Labute approximate surface area is 235 Å². The molecule has 2 aromatic carbocycles. The quantitative estimate of drug-likeness (QED) is 0.337. The number of likely N-dealkylation sites (tertiary alicyclic amines) is 1. The number of hydrogen-bond donors (Lipinski definition) is 3. The molecule has 0 saturated carbocycles. The minimum absolute atomic E-state index is 0.0505. The topological polar surface area (TPSA) is 134 Å². The van der Waals surface area contributed by atoms with E-state index in [1.165, 1.54) is 25.1 Å². The van der Waals surface area contributed by atoms with Crippen molar-refractivity contribution in [2.75, 3.05) is 13.1 Å². The van der Waals surface area contributed by atoms with Gasteiger partial charge in [-0.1, -0.05) is 54.6 Å². The van der Waals surface area contributed by atoms with Crippen LogP contribution >= 0.6 is 0 Å². The third-order valence-electron chi connectivity index (χ3n) is 6.78. The summed E-state index contributed by atoms with van der Waals surface area (Å²) in [5.41, 5.74) is 2.44. The summed E-state index contributed by atoms with van der Waals surface area (Å²) in [6.45, 7) is 3.12. The molecule has 1 saturated heterocycles. The summed E-state index contributed by atoms with van der Waals surface area (Å²) in [5, 5.41) is 15.8. The van der Waals surface area contributed by atoms with Crippen molar-refractivity contribution in [1.82, 2.24) is 20.3 Å². The first-order valence-electron chi connectivity index (χ1n) is 13.0. The van der Waals surface area contributed by atoms with Gasteiger partial charge in [-0.15, -0.1) is 0 Å². The van der Waals surface area contributed by atoms with Crippen LogP contribution < -0.4 is 16.3 Å². The Balaban J connectivity index is 0.000000352. The van der Waals surface area contributed by atoms with Crippen LogP contribution in [0.3, 0.4) is 0 Å². The fraction of sp³-hybridized carbons (Fsp3) is 0.379. The van der Waals surface area contributed by atoms with Crippen molar-refractivity contribution in [3.8, 4) is 0 Å². The van der Waals surface area contributed by atoms with Crippen LogP contribution in [0.5, 0.6) is 0 Å². The van der Waals surface area contributed by atoms with E-state index in [0.29, 0.717) is 13.0 Å². The highest BCUT2D eigenvalue weighted by Crippen LogP contribution is 2.27. The SMILES string of the molecule is Cc1c(C(=O)N[C@@H](Cc2ccccc2)[C@H](O)C(=O)N2CCC(F)(F)C2)n(C)oc1=O.Cc1ccccc1CNC=O. The molecule has 1 aliphatic heterocycles. The second-order valence-electron chi connectivity index (χ2n) is 9.86. The van der Waals surface area contributed by atoms with Gasteiger partial charge >= 0.3 is 5.63 Å². The van der Waals surface area contributed by atoms with Crippen molar-refractivity contribution in [3.05, 3.63) is 93.0 Å². The Morgan fingerprint density at radius 1 is 1.12 bits per heavy atom. The first-order chi connectivity index (χ1) is 19.4. The number of carbonyl (C=O) groups is 3. The van der Waals surface area contributed by atoms with Gasteiger partial charge in [0, 0.05) is 26.6 Å². The minimum Gasteiger partial charge on any atom is -0.381 e. The number of halogens is 2. The molecule has 4 rings (SSSR count). The van der Waals surface area contributed by atoms with E-state index in [4.69, 9.17) is 4.52 Å². The summed E-state index contributed by atoms with van der Waals surface area (Å²) < 4.78 is 32.9. The standard InChI is InChI=1S/C20H23F2N3O5.C9H11NO/c1-12-15(24(2)30-19(12)29)17(27)23-14(10-13-6-4-3-5-7-13)16(26)18(28)25-9-8-20(21,22)11-25;1-8-4-2-3-5-9(8)6-10-7-11/h3-7,14,16,26H,8-11H2,1-2H3,(H,23,27);2-5,7H,6H2,1H3,(H,10,11)/t14-,16-;/m0./s1. The number of hydrogen-bond acceptors (Lipinski definition) is 6. The van der Waals surface area contributed by atoms with E-state index in [-0.39, 0.29) is 24.2 Å². The van der Waals surface area contributed by atoms with Gasteiger partial charge in [0.05, 0.1) is 18.2 Å². The lowest BCUT2D eigenvalue weighted by atomic mass is 10.00. The molecule has 12 heteroatoms. The van der Waals surface area contributed by atoms with E-state index in [9.17, 15) is 33.1 Å². The van der Waals surface area contributed by atoms with Gasteiger partial charge in [-0.25, -0.2) is 18.3 Å². The van der Waals surface area contributed by atoms with E-state index in [1.54, 1.807) is 30.3 Å². The number of carbonyl (C=O) groups excluding carboxylic acids is 3. The monoisotopic (exact) mass is 572 g/mol. The zero-order valence-corrected chi connectivity index (χ0v) is 23.1. The van der Waals surface area contributed by atoms with E-state index in [1.807, 2.05) is 31.2 Å². The number of amides is 3. The second kappa shape index (κ2) is 13.8. The van der Waals surface area contributed by atoms with Gasteiger partial charge in [0.25, 0.3) is 17.7 Å². The fourth-order valence-electron chi connectivity index (χ4n) is 4.47. The summed E-state index contributed by atoms with van der Waals surface area (Å²) >= 11 is 0. The van der Waals surface area contributed by atoms with Crippen LogP contribution in [0, 0.1) is 13.8 Å². The van der Waals surface area contributed by atoms with Crippen molar-refractivity contribution >= 4 is 18.2 Å². The molecule has 220 valence electrons. The highest BCUT2D eigenvalue weighted by atomic mass is 19.3. The van der Waals surface area contributed by atoms with Gasteiger partial charge in [0.15, 0.2) is 6.10 Å². The maximum atomic E-state index is 13.5. The predicted molar refractivity (Wildman–Crippen MR) is 146 cm³/mol. The van der Waals surface area contributed by atoms with Crippen molar-refractivity contribution in [3.63, 3.8) is 0 Å². The maximum absolute atomic E-state index is 13.5. The molecule has 1 aliphatic rings. The summed E-state index contributed by atoms with van der Waals surface area (Å²) in [6.07, 6.45) is -1.43. The van der Waals surface area contributed by atoms with E-state index >= 15 is 0 Å². The van der Waals surface area contributed by atoms with Gasteiger partial charge in [-0.05, 0) is 37.0 Å². The molecule has 10 nitrogen and oxygen atoms in total. The van der Waals surface area contributed by atoms with Crippen molar-refractivity contribution in [2.45, 2.75) is 51.3 Å². The highest BCUT2D eigenvalue weighted by molar-refractivity contribution is 5.94. The van der Waals surface area contributed by atoms with Gasteiger partial charge in [0.2, 0.25) is 6.41 Å². The molecule has 3 N–H and O–H groups in total. The molecule has 0 bridgehead atoms. The van der Waals surface area contributed by atoms with Gasteiger partial charge in [-0.2, -0.15) is 0 Å². The Morgan fingerprint density at radius 2 is 1.78 bits per heavy atom. The number of aliphatic hydroxyl groups is 1. The van der Waals surface area contributed by atoms with Crippen molar-refractivity contribution in [1.29, 1.82) is 0 Å². The number of alkyl halides is 2. The number of rotatable bonds is 9. The van der Waals surface area contributed by atoms with Gasteiger partial charge in [0.1, 0.15) is 5.69 Å². The van der Waals surface area contributed by atoms with Gasteiger partial charge in [-0.3, -0.25) is 14.4 Å². The molecule has 0 unspecified atom stereocenters. The highest BCUT2D eigenvalue weighted by Gasteiger charge is 2.43. The third-order valence-corrected chi connectivity index (χ3v) is 6.78. The summed E-state index contributed by atoms with van der Waals surface area (Å²) in [4.78, 5) is 47.9. The maximum Gasteiger partial charge on any atom is 0.361 e. The van der Waals surface area contributed by atoms with Crippen LogP contribution in [0.15, 0.2) is 63.9 Å². The number of nitrogens with zero attached hydrogens (tertiary/aromatic N) is 2. The Bertz CT molecular complexity index is 1410. The van der Waals surface area contributed by atoms with Crippen LogP contribution in [0.4, 0.5) is 8.78 Å². The molecule has 0 aliphatic carbocycles. The van der Waals surface area contributed by atoms with Gasteiger partial charge < -0.3 is 25.2 Å². The van der Waals surface area contributed by atoms with Crippen molar-refractivity contribution in [2.24, 2.45) is 7.05 Å². The smallest absolute Gasteiger partial charge is 0.361 e. The lowest BCUT2D eigenvalue weighted by Gasteiger charge is -2.27. The first kappa shape index (κ1) is 31.2. The average molecular weight is 573 g/mol. The van der Waals surface area contributed by atoms with Crippen LogP contribution in [0.2, 0.25) is 0 Å². The Kier molecular flexibility index (Phi) is 10.5. The Morgan fingerprint density at radius 3 is 2.34 bits per heavy atom. The molecule has 2 heterocycles. The molecule has 0 radical (unpaired) electrons. The van der Waals surface area contributed by atoms with Crippen LogP contribution in [0.25, 0.3) is 0 Å². The number of aryl methyl sites for hydroxylation is 2. The third kappa shape index (κ3) is 8.34. The number of aliphatic hydroxyl groups excluding tert-OH is 1. The lowest BCUT2D eigenvalue weighted by molar-refractivity contribution is -0.141. The molecule has 1 fully saturated rings. The molecule has 2 atom stereocenters. The number of benzene rings is 2. The fourth-order valence-corrected chi connectivity index (χ4v) is 4.47. The predicted octanol–water partition coefficient (Wildman–Crippen LogP) is 2.10. The first-order valence-corrected chi connectivity index (χ1v) is 13.0. The summed E-state index contributed by atoms with van der Waals surface area (Å²) in [6, 6.07) is 15.7. The molecular weight excluding hydrogens is 538 g/mol. The zero-order chi connectivity index (χ0) is 30.2. The molecular formula is C29H34F2N4O6. The summed E-state index contributed by atoms with van der Waals surface area (Å²) in [7, 11) is 1.38. The van der Waals surface area contributed by atoms with Crippen LogP contribution in [-0.4, -0.2) is 64.1 Å². The molecule has 3 amide bonds. The van der Waals surface area contributed by atoms with Crippen LogP contribution in [0.1, 0.15) is 39.2 Å². The molecule has 41 heavy (non-hydrogen) atoms. The van der Waals surface area contributed by atoms with E-state index in [2.05, 4.69) is 10.6 Å².